The molecule has 6 atom stereocenters. The lowest BCUT2D eigenvalue weighted by Gasteiger charge is -2.45. The molecule has 2 aromatic rings. The lowest BCUT2D eigenvalue weighted by molar-refractivity contribution is 0.0456. The predicted octanol–water partition coefficient (Wildman–Crippen LogP) is 4.59. The quantitative estimate of drug-likeness (QED) is 0.321. The van der Waals surface area contributed by atoms with E-state index in [0.717, 1.165) is 37.8 Å². The van der Waals surface area contributed by atoms with Crippen molar-refractivity contribution in [1.29, 1.82) is 0 Å². The fourth-order valence-electron chi connectivity index (χ4n) is 7.43. The SMILES string of the molecule is O=C1NS(=O)(=O)[C@H](CCS(=O)O)CC/C=C/[C@H](O)[C@@H]2CC[C@H]2CN2C[C@@]3(CCCc4cc(Cl)ccc43)COc3ccc1cc32. The maximum atomic E-state index is 13.4. The van der Waals surface area contributed by atoms with Crippen LogP contribution in [0.25, 0.3) is 0 Å². The second-order valence-corrected chi connectivity index (χ2v) is 16.1. The van der Waals surface area contributed by atoms with Crippen molar-refractivity contribution in [3.8, 4) is 5.75 Å². The Hall–Kier alpha value is -2.44. The summed E-state index contributed by atoms with van der Waals surface area (Å²) in [6, 6.07) is 11.1. The highest BCUT2D eigenvalue weighted by molar-refractivity contribution is 7.90. The molecule has 2 aliphatic heterocycles. The van der Waals surface area contributed by atoms with Crippen LogP contribution in [0.2, 0.25) is 5.02 Å². The summed E-state index contributed by atoms with van der Waals surface area (Å²) in [6.07, 6.45) is 8.02. The second kappa shape index (κ2) is 12.7. The summed E-state index contributed by atoms with van der Waals surface area (Å²) in [5.41, 5.74) is 3.05. The van der Waals surface area contributed by atoms with Gasteiger partial charge in [-0.1, -0.05) is 29.8 Å². The van der Waals surface area contributed by atoms with Crippen LogP contribution in [0.5, 0.6) is 5.75 Å². The first kappa shape index (κ1) is 31.5. The Morgan fingerprint density at radius 3 is 2.77 bits per heavy atom. The Balaban J connectivity index is 1.39. The van der Waals surface area contributed by atoms with Gasteiger partial charge in [-0.05, 0) is 105 Å². The topological polar surface area (TPSA) is 133 Å². The summed E-state index contributed by atoms with van der Waals surface area (Å²) in [7, 11) is -4.16. The molecule has 0 radical (unpaired) electrons. The Bertz CT molecular complexity index is 1580. The van der Waals surface area contributed by atoms with E-state index in [-0.39, 0.29) is 41.4 Å². The van der Waals surface area contributed by atoms with Crippen molar-refractivity contribution in [3.05, 3.63) is 70.3 Å². The third-order valence-corrected chi connectivity index (χ3v) is 12.6. The van der Waals surface area contributed by atoms with Crippen molar-refractivity contribution in [1.82, 2.24) is 4.72 Å². The monoisotopic (exact) mass is 662 g/mol. The van der Waals surface area contributed by atoms with Gasteiger partial charge in [-0.2, -0.15) is 0 Å². The van der Waals surface area contributed by atoms with Gasteiger partial charge in [-0.25, -0.2) is 17.3 Å². The van der Waals surface area contributed by atoms with E-state index in [1.54, 1.807) is 30.4 Å². The van der Waals surface area contributed by atoms with Crippen molar-refractivity contribution >= 4 is 44.3 Å². The molecule has 1 saturated carbocycles. The highest BCUT2D eigenvalue weighted by Crippen LogP contribution is 2.46. The van der Waals surface area contributed by atoms with Crippen LogP contribution in [0.15, 0.2) is 48.6 Å². The molecular weight excluding hydrogens is 624 g/mol. The van der Waals surface area contributed by atoms with Gasteiger partial charge in [0.15, 0.2) is 11.1 Å². The van der Waals surface area contributed by atoms with Crippen LogP contribution in [0.4, 0.5) is 5.69 Å². The Kier molecular flexibility index (Phi) is 9.14. The van der Waals surface area contributed by atoms with Crippen molar-refractivity contribution in [3.63, 3.8) is 0 Å². The molecule has 2 heterocycles. The number of hydrogen-bond donors (Lipinski definition) is 3. The molecule has 4 aliphatic rings. The van der Waals surface area contributed by atoms with Gasteiger partial charge in [0.05, 0.1) is 29.4 Å². The molecule has 6 rings (SSSR count). The van der Waals surface area contributed by atoms with E-state index in [4.69, 9.17) is 16.3 Å². The number of aliphatic hydroxyl groups is 1. The molecule has 2 aromatic carbocycles. The lowest BCUT2D eigenvalue weighted by Crippen LogP contribution is -2.49. The maximum Gasteiger partial charge on any atom is 0.264 e. The van der Waals surface area contributed by atoms with Gasteiger partial charge in [0, 0.05) is 29.1 Å². The Labute approximate surface area is 266 Å². The number of carbonyl (C=O) groups excluding carboxylic acids is 1. The number of nitrogens with one attached hydrogen (secondary N) is 1. The Morgan fingerprint density at radius 1 is 1.16 bits per heavy atom. The summed E-state index contributed by atoms with van der Waals surface area (Å²) >= 11 is 4.21. The van der Waals surface area contributed by atoms with Crippen molar-refractivity contribution in [2.24, 2.45) is 11.8 Å². The number of aryl methyl sites for hydroxylation is 1. The average Bonchev–Trinajstić information content (AvgIpc) is 3.10. The van der Waals surface area contributed by atoms with E-state index >= 15 is 0 Å². The Morgan fingerprint density at radius 2 is 2.00 bits per heavy atom. The van der Waals surface area contributed by atoms with Crippen LogP contribution >= 0.6 is 11.6 Å². The zero-order chi connectivity index (χ0) is 31.1. The van der Waals surface area contributed by atoms with Crippen LogP contribution < -0.4 is 14.4 Å². The number of aliphatic hydroxyl groups excluding tert-OH is 1. The molecule has 238 valence electrons. The van der Waals surface area contributed by atoms with Crippen molar-refractivity contribution in [2.75, 3.05) is 30.3 Å². The minimum Gasteiger partial charge on any atom is -0.490 e. The number of ether oxygens (including phenoxy) is 1. The van der Waals surface area contributed by atoms with Gasteiger partial charge < -0.3 is 19.3 Å². The number of allylic oxidation sites excluding steroid dienone is 1. The fourth-order valence-corrected chi connectivity index (χ4v) is 9.68. The van der Waals surface area contributed by atoms with Crippen LogP contribution in [0, 0.1) is 11.8 Å². The summed E-state index contributed by atoms with van der Waals surface area (Å²) in [4.78, 5) is 15.7. The molecule has 1 unspecified atom stereocenters. The van der Waals surface area contributed by atoms with Crippen molar-refractivity contribution < 1.29 is 31.8 Å². The molecule has 2 bridgehead atoms. The molecule has 1 amide bonds. The zero-order valence-electron chi connectivity index (χ0n) is 24.5. The summed E-state index contributed by atoms with van der Waals surface area (Å²) < 4.78 is 56.1. The smallest absolute Gasteiger partial charge is 0.264 e. The van der Waals surface area contributed by atoms with Crippen LogP contribution in [-0.4, -0.2) is 65.0 Å². The largest absolute Gasteiger partial charge is 0.490 e. The molecule has 3 N–H and O–H groups in total. The zero-order valence-corrected chi connectivity index (χ0v) is 26.9. The van der Waals surface area contributed by atoms with E-state index < -0.39 is 38.4 Å². The summed E-state index contributed by atoms with van der Waals surface area (Å²) in [6.45, 7) is 1.77. The molecule has 44 heavy (non-hydrogen) atoms. The number of hydrogen-bond acceptors (Lipinski definition) is 7. The number of anilines is 1. The van der Waals surface area contributed by atoms with Gasteiger partial charge in [-0.15, -0.1) is 0 Å². The number of nitrogens with zero attached hydrogens (tertiary/aromatic N) is 1. The first-order chi connectivity index (χ1) is 21.0. The molecule has 2 aliphatic carbocycles. The number of sulfonamides is 1. The molecular formula is C32H39ClN2O7S2. The summed E-state index contributed by atoms with van der Waals surface area (Å²) in [5.74, 6) is -0.0629. The summed E-state index contributed by atoms with van der Waals surface area (Å²) in [5, 5.41) is 10.8. The number of benzene rings is 2. The van der Waals surface area contributed by atoms with E-state index in [9.17, 15) is 27.1 Å². The number of rotatable bonds is 3. The van der Waals surface area contributed by atoms with E-state index in [1.807, 2.05) is 12.1 Å². The molecule has 1 fully saturated rings. The highest BCUT2D eigenvalue weighted by atomic mass is 35.5. The van der Waals surface area contributed by atoms with E-state index in [2.05, 4.69) is 15.7 Å². The van der Waals surface area contributed by atoms with E-state index in [0.29, 0.717) is 36.9 Å². The van der Waals surface area contributed by atoms with Gasteiger partial charge in [0.2, 0.25) is 10.0 Å². The fraction of sp³-hybridized carbons (Fsp3) is 0.531. The van der Waals surface area contributed by atoms with Gasteiger partial charge in [-0.3, -0.25) is 4.79 Å². The number of halogens is 1. The third kappa shape index (κ3) is 6.44. The predicted molar refractivity (Wildman–Crippen MR) is 171 cm³/mol. The molecule has 0 aromatic heterocycles. The first-order valence-corrected chi connectivity index (χ1v) is 18.5. The maximum absolute atomic E-state index is 13.4. The van der Waals surface area contributed by atoms with Crippen LogP contribution in [0.3, 0.4) is 0 Å². The van der Waals surface area contributed by atoms with E-state index in [1.165, 1.54) is 11.1 Å². The van der Waals surface area contributed by atoms with Gasteiger partial charge in [0.1, 0.15) is 5.75 Å². The average molecular weight is 663 g/mol. The number of fused-ring (bicyclic) bond motifs is 4. The standard InChI is InChI=1S/C32H39ClN2O7S2/c33-24-9-11-27-21(16-24)4-3-14-32(27)19-35-18-23-7-10-26(23)29(36)6-2-1-5-25(13-15-43(38)39)44(40,41)34-31(37)22-8-12-30(42-20-32)28(35)17-22/h2,6,8-9,11-12,16-17,23,25-26,29,36H,1,3-5,7,10,13-15,18-20H2,(H,34,37)(H,38,39)/b6-2+/t23-,25-,26+,29-,32-/m0/s1. The lowest BCUT2D eigenvalue weighted by atomic mass is 9.68. The third-order valence-electron chi connectivity index (χ3n) is 9.95. The molecule has 1 spiro atoms. The minimum atomic E-state index is -4.16. The molecule has 0 saturated heterocycles. The molecule has 12 heteroatoms. The second-order valence-electron chi connectivity index (χ2n) is 12.7. The van der Waals surface area contributed by atoms with Crippen LogP contribution in [-0.2, 0) is 32.9 Å². The van der Waals surface area contributed by atoms with Gasteiger partial charge >= 0.3 is 0 Å². The number of carbonyl (C=O) groups is 1. The first-order valence-electron chi connectivity index (χ1n) is 15.3. The van der Waals surface area contributed by atoms with Gasteiger partial charge in [0.25, 0.3) is 5.91 Å². The molecule has 9 nitrogen and oxygen atoms in total. The normalized spacial score (nSPS) is 31.3. The minimum absolute atomic E-state index is 0.0583. The van der Waals surface area contributed by atoms with Crippen LogP contribution in [0.1, 0.15) is 66.4 Å². The number of amides is 1. The van der Waals surface area contributed by atoms with Crippen molar-refractivity contribution in [2.45, 2.75) is 68.1 Å². The highest BCUT2D eigenvalue weighted by Gasteiger charge is 2.44.